The van der Waals surface area contributed by atoms with Gasteiger partial charge in [-0.05, 0) is 73.6 Å². The molecular weight excluding hydrogens is 416 g/mol. The first kappa shape index (κ1) is 18.8. The third-order valence-corrected chi connectivity index (χ3v) is 12.6. The molecule has 6 atom stereocenters. The number of fused-ring (bicyclic) bond motifs is 8. The summed E-state index contributed by atoms with van der Waals surface area (Å²) in [5.41, 5.74) is 2.64. The van der Waals surface area contributed by atoms with E-state index in [-0.39, 0.29) is 21.6 Å². The molecule has 0 aromatic heterocycles. The molecule has 30 heavy (non-hydrogen) atoms. The van der Waals surface area contributed by atoms with Crippen molar-refractivity contribution < 1.29 is 16.8 Å². The van der Waals surface area contributed by atoms with Gasteiger partial charge in [0.15, 0.2) is 19.7 Å². The van der Waals surface area contributed by atoms with E-state index in [2.05, 4.69) is 0 Å². The molecule has 0 saturated heterocycles. The predicted molar refractivity (Wildman–Crippen MR) is 114 cm³/mol. The van der Waals surface area contributed by atoms with Gasteiger partial charge in [-0.15, -0.1) is 0 Å². The zero-order chi connectivity index (χ0) is 20.7. The van der Waals surface area contributed by atoms with Crippen molar-refractivity contribution in [3.63, 3.8) is 0 Å². The smallest absolute Gasteiger partial charge is 0.183 e. The summed E-state index contributed by atoms with van der Waals surface area (Å²) in [6.45, 7) is 0. The molecule has 2 aromatic rings. The lowest BCUT2D eigenvalue weighted by atomic mass is 9.82. The minimum absolute atomic E-state index is 0.158. The number of allylic oxidation sites excluding steroid dienone is 2. The highest BCUT2D eigenvalue weighted by molar-refractivity contribution is 7.96. The molecule has 0 radical (unpaired) electrons. The van der Waals surface area contributed by atoms with Crippen LogP contribution in [0.15, 0.2) is 81.6 Å². The molecule has 2 saturated carbocycles. The van der Waals surface area contributed by atoms with Gasteiger partial charge in [0.1, 0.15) is 0 Å². The Balaban J connectivity index is 1.55. The van der Waals surface area contributed by atoms with Crippen molar-refractivity contribution in [1.29, 1.82) is 0 Å². The molecule has 0 amide bonds. The van der Waals surface area contributed by atoms with Gasteiger partial charge in [0, 0.05) is 0 Å². The van der Waals surface area contributed by atoms with Gasteiger partial charge in [-0.25, -0.2) is 16.8 Å². The summed E-state index contributed by atoms with van der Waals surface area (Å²) >= 11 is 0. The summed E-state index contributed by atoms with van der Waals surface area (Å²) in [6.07, 6.45) is 4.01. The van der Waals surface area contributed by atoms with Gasteiger partial charge in [-0.2, -0.15) is 0 Å². The van der Waals surface area contributed by atoms with Gasteiger partial charge in [-0.1, -0.05) is 47.5 Å². The van der Waals surface area contributed by atoms with E-state index >= 15 is 0 Å². The van der Waals surface area contributed by atoms with Crippen LogP contribution in [0.4, 0.5) is 0 Å². The van der Waals surface area contributed by atoms with Gasteiger partial charge in [0.2, 0.25) is 0 Å². The summed E-state index contributed by atoms with van der Waals surface area (Å²) in [5, 5.41) is -1.79. The van der Waals surface area contributed by atoms with E-state index in [4.69, 9.17) is 0 Å². The Bertz CT molecular complexity index is 1150. The average Bonchev–Trinajstić information content (AvgIpc) is 3.53. The molecule has 4 aliphatic rings. The first-order valence-corrected chi connectivity index (χ1v) is 13.8. The van der Waals surface area contributed by atoms with Crippen molar-refractivity contribution in [3.8, 4) is 0 Å². The molecule has 4 nitrogen and oxygen atoms in total. The fourth-order valence-corrected chi connectivity index (χ4v) is 12.0. The van der Waals surface area contributed by atoms with Crippen LogP contribution >= 0.6 is 0 Å². The number of hydrogen-bond donors (Lipinski definition) is 0. The second kappa shape index (κ2) is 6.30. The molecular formula is C24H24O4S2. The van der Waals surface area contributed by atoms with E-state index in [0.29, 0.717) is 18.3 Å². The molecule has 6 rings (SSSR count). The normalized spacial score (nSPS) is 34.5. The Morgan fingerprint density at radius 2 is 0.967 bits per heavy atom. The van der Waals surface area contributed by atoms with Gasteiger partial charge >= 0.3 is 0 Å². The molecule has 0 aliphatic heterocycles. The van der Waals surface area contributed by atoms with E-state index in [1.807, 2.05) is 0 Å². The standard InChI is InChI=1S/C24H24O4S2/c25-29(26,17-7-3-1-4-8-17)23-19-14-20(22-16-12-11-15(13-16)21(19)22)24(23)30(27,28)18-9-5-2-6-10-18/h1-10,15-16,19-20,23-24H,11-14H2/t15-,16-,19-,20-,23+,24+/m0/s1. The minimum atomic E-state index is -3.78. The Morgan fingerprint density at radius 3 is 1.37 bits per heavy atom. The second-order valence-electron chi connectivity index (χ2n) is 9.21. The fourth-order valence-electron chi connectivity index (χ4n) is 6.98. The van der Waals surface area contributed by atoms with Crippen molar-refractivity contribution in [2.75, 3.05) is 0 Å². The Labute approximate surface area is 177 Å². The molecule has 2 aromatic carbocycles. The maximum atomic E-state index is 13.8. The van der Waals surface area contributed by atoms with Crippen molar-refractivity contribution in [2.45, 2.75) is 46.0 Å². The summed E-state index contributed by atoms with van der Waals surface area (Å²) in [6, 6.07) is 16.8. The molecule has 156 valence electrons. The van der Waals surface area contributed by atoms with Crippen molar-refractivity contribution in [1.82, 2.24) is 0 Å². The number of sulfone groups is 2. The minimum Gasteiger partial charge on any atom is -0.223 e. The topological polar surface area (TPSA) is 68.3 Å². The Kier molecular flexibility index (Phi) is 3.95. The Morgan fingerprint density at radius 1 is 0.567 bits per heavy atom. The van der Waals surface area contributed by atoms with Crippen LogP contribution in [-0.2, 0) is 19.7 Å². The first-order valence-electron chi connectivity index (χ1n) is 10.7. The van der Waals surface area contributed by atoms with Crippen LogP contribution in [-0.4, -0.2) is 27.3 Å². The van der Waals surface area contributed by atoms with Crippen molar-refractivity contribution in [3.05, 3.63) is 71.8 Å². The molecule has 0 spiro atoms. The lowest BCUT2D eigenvalue weighted by Gasteiger charge is -2.35. The van der Waals surface area contributed by atoms with E-state index in [0.717, 1.165) is 19.3 Å². The van der Waals surface area contributed by atoms with Gasteiger partial charge in [0.25, 0.3) is 0 Å². The summed E-state index contributed by atoms with van der Waals surface area (Å²) in [5.74, 6) is 0.616. The SMILES string of the molecule is O=S(=O)(c1ccccc1)[C@H]1[C@H](S(=O)(=O)c2ccccc2)[C@H]2C[C@H]1C1=C2[C@H]2CC[C@H]1C2. The van der Waals surface area contributed by atoms with Crippen LogP contribution in [0.1, 0.15) is 25.7 Å². The highest BCUT2D eigenvalue weighted by Gasteiger charge is 2.65. The van der Waals surface area contributed by atoms with Crippen LogP contribution in [0.2, 0.25) is 0 Å². The first-order chi connectivity index (χ1) is 14.4. The third-order valence-electron chi connectivity index (χ3n) is 7.93. The van der Waals surface area contributed by atoms with E-state index in [1.54, 1.807) is 60.7 Å². The highest BCUT2D eigenvalue weighted by atomic mass is 32.2. The third kappa shape index (κ3) is 2.38. The molecule has 4 bridgehead atoms. The van der Waals surface area contributed by atoms with E-state index in [9.17, 15) is 16.8 Å². The maximum absolute atomic E-state index is 13.8. The van der Waals surface area contributed by atoms with Crippen LogP contribution in [0.5, 0.6) is 0 Å². The number of benzene rings is 2. The lowest BCUT2D eigenvalue weighted by Crippen LogP contribution is -2.45. The average molecular weight is 441 g/mol. The molecule has 6 heteroatoms. The summed E-state index contributed by atoms with van der Waals surface area (Å²) in [4.78, 5) is 0.474. The van der Waals surface area contributed by atoms with E-state index < -0.39 is 30.2 Å². The van der Waals surface area contributed by atoms with Crippen molar-refractivity contribution >= 4 is 19.7 Å². The van der Waals surface area contributed by atoms with Crippen LogP contribution < -0.4 is 0 Å². The molecule has 0 N–H and O–H groups in total. The molecule has 4 aliphatic carbocycles. The van der Waals surface area contributed by atoms with Gasteiger partial charge in [0.05, 0.1) is 20.3 Å². The summed E-state index contributed by atoms with van der Waals surface area (Å²) < 4.78 is 55.3. The fraction of sp³-hybridized carbons (Fsp3) is 0.417. The monoisotopic (exact) mass is 440 g/mol. The van der Waals surface area contributed by atoms with Crippen LogP contribution in [0, 0.1) is 23.7 Å². The quantitative estimate of drug-likeness (QED) is 0.531. The maximum Gasteiger partial charge on any atom is 0.183 e. The van der Waals surface area contributed by atoms with Crippen LogP contribution in [0.3, 0.4) is 0 Å². The van der Waals surface area contributed by atoms with Crippen molar-refractivity contribution in [2.24, 2.45) is 23.7 Å². The zero-order valence-corrected chi connectivity index (χ0v) is 18.1. The summed E-state index contributed by atoms with van der Waals surface area (Å²) in [7, 11) is -7.56. The van der Waals surface area contributed by atoms with E-state index in [1.165, 1.54) is 11.1 Å². The largest absolute Gasteiger partial charge is 0.223 e. The predicted octanol–water partition coefficient (Wildman–Crippen LogP) is 4.05. The van der Waals surface area contributed by atoms with Crippen LogP contribution in [0.25, 0.3) is 0 Å². The second-order valence-corrected chi connectivity index (χ2v) is 13.4. The number of rotatable bonds is 4. The zero-order valence-electron chi connectivity index (χ0n) is 16.5. The highest BCUT2D eigenvalue weighted by Crippen LogP contribution is 2.66. The molecule has 0 heterocycles. The molecule has 0 unspecified atom stereocenters. The number of hydrogen-bond acceptors (Lipinski definition) is 4. The molecule has 2 fully saturated rings. The van der Waals surface area contributed by atoms with Gasteiger partial charge < -0.3 is 0 Å². The van der Waals surface area contributed by atoms with Gasteiger partial charge in [-0.3, -0.25) is 0 Å². The Hall–Kier alpha value is -1.92. The lowest BCUT2D eigenvalue weighted by molar-refractivity contribution is 0.494.